The third-order valence-electron chi connectivity index (χ3n) is 3.40. The summed E-state index contributed by atoms with van der Waals surface area (Å²) in [6.45, 7) is 6.17. The quantitative estimate of drug-likeness (QED) is 0.738. The van der Waals surface area contributed by atoms with Crippen molar-refractivity contribution in [1.82, 2.24) is 5.32 Å². The van der Waals surface area contributed by atoms with Gasteiger partial charge in [0.25, 0.3) is 0 Å². The second-order valence-electron chi connectivity index (χ2n) is 5.66. The van der Waals surface area contributed by atoms with E-state index < -0.39 is 0 Å². The van der Waals surface area contributed by atoms with Gasteiger partial charge in [0.05, 0.1) is 12.1 Å². The zero-order valence-electron chi connectivity index (χ0n) is 13.9. The van der Waals surface area contributed by atoms with Crippen molar-refractivity contribution in [2.75, 3.05) is 5.32 Å². The smallest absolute Gasteiger partial charge is 0.171 e. The Balaban J connectivity index is 1.93. The highest BCUT2D eigenvalue weighted by Crippen LogP contribution is 2.18. The molecule has 0 aliphatic heterocycles. The van der Waals surface area contributed by atoms with Crippen LogP contribution in [0.4, 0.5) is 5.69 Å². The number of rotatable bonds is 6. The fourth-order valence-corrected chi connectivity index (χ4v) is 2.58. The van der Waals surface area contributed by atoms with Gasteiger partial charge in [-0.3, -0.25) is 0 Å². The van der Waals surface area contributed by atoms with Crippen LogP contribution >= 0.6 is 12.2 Å². The highest BCUT2D eigenvalue weighted by Gasteiger charge is 2.10. The van der Waals surface area contributed by atoms with Crippen LogP contribution in [0.1, 0.15) is 38.8 Å². The minimum absolute atomic E-state index is 0.174. The van der Waals surface area contributed by atoms with Crippen LogP contribution in [-0.4, -0.2) is 11.2 Å². The molecule has 0 saturated carbocycles. The minimum Gasteiger partial charge on any atom is -0.491 e. The van der Waals surface area contributed by atoms with Crippen molar-refractivity contribution in [3.63, 3.8) is 0 Å². The summed E-state index contributed by atoms with van der Waals surface area (Å²) in [4.78, 5) is 0. The van der Waals surface area contributed by atoms with E-state index in [0.29, 0.717) is 5.11 Å². The zero-order chi connectivity index (χ0) is 16.7. The highest BCUT2D eigenvalue weighted by molar-refractivity contribution is 7.80. The number of thiocarbonyl (C=S) groups is 1. The van der Waals surface area contributed by atoms with Gasteiger partial charge in [-0.15, -0.1) is 0 Å². The lowest BCUT2D eigenvalue weighted by Crippen LogP contribution is -2.32. The van der Waals surface area contributed by atoms with E-state index >= 15 is 0 Å². The Morgan fingerprint density at radius 3 is 2.26 bits per heavy atom. The molecule has 0 saturated heterocycles. The summed E-state index contributed by atoms with van der Waals surface area (Å²) in [6.07, 6.45) is 1.14. The number of ether oxygens (including phenoxy) is 1. The van der Waals surface area contributed by atoms with Crippen LogP contribution in [0.15, 0.2) is 54.6 Å². The van der Waals surface area contributed by atoms with Crippen LogP contribution < -0.4 is 15.4 Å². The fraction of sp³-hybridized carbons (Fsp3) is 0.316. The van der Waals surface area contributed by atoms with Crippen molar-refractivity contribution in [2.24, 2.45) is 0 Å². The molecule has 0 aliphatic carbocycles. The molecule has 0 aromatic heterocycles. The Labute approximate surface area is 144 Å². The lowest BCUT2D eigenvalue weighted by molar-refractivity contribution is 0.242. The first-order valence-electron chi connectivity index (χ1n) is 7.97. The summed E-state index contributed by atoms with van der Waals surface area (Å²) in [5.74, 6) is 0.861. The molecule has 122 valence electrons. The van der Waals surface area contributed by atoms with Crippen LogP contribution in [0.5, 0.6) is 5.75 Å². The Bertz CT molecular complexity index is 611. The second-order valence-corrected chi connectivity index (χ2v) is 6.07. The minimum atomic E-state index is 0.174. The Morgan fingerprint density at radius 1 is 1.04 bits per heavy atom. The van der Waals surface area contributed by atoms with E-state index in [9.17, 15) is 0 Å². The number of anilines is 1. The van der Waals surface area contributed by atoms with Crippen molar-refractivity contribution in [2.45, 2.75) is 39.3 Å². The predicted molar refractivity (Wildman–Crippen MR) is 101 cm³/mol. The van der Waals surface area contributed by atoms with Crippen molar-refractivity contribution in [3.8, 4) is 5.75 Å². The molecule has 3 nitrogen and oxygen atoms in total. The standard InChI is InChI=1S/C19H24N2OS/c1-4-18(15-8-6-5-7-9-15)21-19(23)20-16-10-12-17(13-11-16)22-14(2)3/h5-14,18H,4H2,1-3H3,(H2,20,21,23)/t18-/m0/s1. The van der Waals surface area contributed by atoms with Crippen molar-refractivity contribution in [1.29, 1.82) is 0 Å². The summed E-state index contributed by atoms with van der Waals surface area (Å²) in [6, 6.07) is 18.4. The summed E-state index contributed by atoms with van der Waals surface area (Å²) in [5, 5.41) is 7.21. The average Bonchev–Trinajstić information content (AvgIpc) is 2.55. The monoisotopic (exact) mass is 328 g/mol. The number of hydrogen-bond acceptors (Lipinski definition) is 2. The average molecular weight is 328 g/mol. The molecule has 0 aliphatic rings. The largest absolute Gasteiger partial charge is 0.491 e. The Morgan fingerprint density at radius 2 is 1.70 bits per heavy atom. The second kappa shape index (κ2) is 8.53. The molecule has 0 spiro atoms. The van der Waals surface area contributed by atoms with Crippen LogP contribution in [0.25, 0.3) is 0 Å². The molecule has 2 aromatic carbocycles. The van der Waals surface area contributed by atoms with Crippen molar-refractivity contribution >= 4 is 23.0 Å². The van der Waals surface area contributed by atoms with Crippen molar-refractivity contribution < 1.29 is 4.74 Å². The summed E-state index contributed by atoms with van der Waals surface area (Å²) < 4.78 is 5.64. The van der Waals surface area contributed by atoms with Crippen LogP contribution in [0, 0.1) is 0 Å². The molecule has 1 atom stereocenters. The predicted octanol–water partition coefficient (Wildman–Crippen LogP) is 4.91. The lowest BCUT2D eigenvalue weighted by atomic mass is 10.1. The molecule has 0 bridgehead atoms. The molecule has 0 radical (unpaired) electrons. The van der Waals surface area contributed by atoms with Gasteiger partial charge in [-0.05, 0) is 62.3 Å². The molecular formula is C19H24N2OS. The maximum atomic E-state index is 5.64. The topological polar surface area (TPSA) is 33.3 Å². The molecule has 0 unspecified atom stereocenters. The normalized spacial score (nSPS) is 11.8. The Kier molecular flexibility index (Phi) is 6.41. The van der Waals surface area contributed by atoms with E-state index in [2.05, 4.69) is 29.7 Å². The Hall–Kier alpha value is -2.07. The SMILES string of the molecule is CC[C@H](NC(=S)Nc1ccc(OC(C)C)cc1)c1ccccc1. The van der Waals surface area contributed by atoms with Gasteiger partial charge >= 0.3 is 0 Å². The van der Waals surface area contributed by atoms with Gasteiger partial charge < -0.3 is 15.4 Å². The van der Waals surface area contributed by atoms with Gasteiger partial charge in [0.15, 0.2) is 5.11 Å². The molecule has 0 heterocycles. The summed E-state index contributed by atoms with van der Waals surface area (Å²) >= 11 is 5.43. The maximum Gasteiger partial charge on any atom is 0.171 e. The first-order chi connectivity index (χ1) is 11.1. The first-order valence-corrected chi connectivity index (χ1v) is 8.38. The van der Waals surface area contributed by atoms with Gasteiger partial charge in [0.2, 0.25) is 0 Å². The lowest BCUT2D eigenvalue weighted by Gasteiger charge is -2.20. The molecule has 2 rings (SSSR count). The third kappa shape index (κ3) is 5.57. The molecule has 23 heavy (non-hydrogen) atoms. The highest BCUT2D eigenvalue weighted by atomic mass is 32.1. The van der Waals surface area contributed by atoms with E-state index in [1.165, 1.54) is 5.56 Å². The third-order valence-corrected chi connectivity index (χ3v) is 3.62. The van der Waals surface area contributed by atoms with Crippen LogP contribution in [-0.2, 0) is 0 Å². The molecule has 0 fully saturated rings. The number of nitrogens with one attached hydrogen (secondary N) is 2. The van der Waals surface area contributed by atoms with Crippen LogP contribution in [0.2, 0.25) is 0 Å². The van der Waals surface area contributed by atoms with Gasteiger partial charge in [-0.25, -0.2) is 0 Å². The molecular weight excluding hydrogens is 304 g/mol. The van der Waals surface area contributed by atoms with E-state index in [4.69, 9.17) is 17.0 Å². The maximum absolute atomic E-state index is 5.64. The van der Waals surface area contributed by atoms with Crippen molar-refractivity contribution in [3.05, 3.63) is 60.2 Å². The first kappa shape index (κ1) is 17.3. The van der Waals surface area contributed by atoms with Gasteiger partial charge in [0.1, 0.15) is 5.75 Å². The zero-order valence-corrected chi connectivity index (χ0v) is 14.7. The van der Waals surface area contributed by atoms with Gasteiger partial charge in [-0.1, -0.05) is 37.3 Å². The number of hydrogen-bond donors (Lipinski definition) is 2. The van der Waals surface area contributed by atoms with E-state index in [1.807, 2.05) is 56.3 Å². The van der Waals surface area contributed by atoms with E-state index in [0.717, 1.165) is 17.9 Å². The molecule has 2 N–H and O–H groups in total. The molecule has 2 aromatic rings. The summed E-state index contributed by atoms with van der Waals surface area (Å²) in [5.41, 5.74) is 2.18. The van der Waals surface area contributed by atoms with Crippen LogP contribution in [0.3, 0.4) is 0 Å². The van der Waals surface area contributed by atoms with E-state index in [-0.39, 0.29) is 12.1 Å². The fourth-order valence-electron chi connectivity index (χ4n) is 2.32. The van der Waals surface area contributed by atoms with Gasteiger partial charge in [0, 0.05) is 5.69 Å². The molecule has 0 amide bonds. The van der Waals surface area contributed by atoms with Gasteiger partial charge in [-0.2, -0.15) is 0 Å². The number of benzene rings is 2. The summed E-state index contributed by atoms with van der Waals surface area (Å²) in [7, 11) is 0. The van der Waals surface area contributed by atoms with E-state index in [1.54, 1.807) is 0 Å². The molecule has 4 heteroatoms.